The lowest BCUT2D eigenvalue weighted by Crippen LogP contribution is -2.52. The van der Waals surface area contributed by atoms with Gasteiger partial charge in [-0.1, -0.05) is 33.6 Å². The Balaban J connectivity index is 2.50. The van der Waals surface area contributed by atoms with Crippen LogP contribution < -0.4 is 10.6 Å². The lowest BCUT2D eigenvalue weighted by Gasteiger charge is -2.23. The first-order chi connectivity index (χ1) is 9.11. The fourth-order valence-electron chi connectivity index (χ4n) is 1.68. The second-order valence-electron chi connectivity index (χ2n) is 6.52. The molecule has 3 N–H and O–H groups in total. The summed E-state index contributed by atoms with van der Waals surface area (Å²) in [5.41, 5.74) is -0.589. The lowest BCUT2D eigenvalue weighted by atomic mass is 9.95. The number of carboxylic acids is 1. The Morgan fingerprint density at radius 3 is 2.15 bits per heavy atom. The van der Waals surface area contributed by atoms with Crippen LogP contribution >= 0.6 is 0 Å². The van der Waals surface area contributed by atoms with E-state index in [1.807, 2.05) is 0 Å². The van der Waals surface area contributed by atoms with Gasteiger partial charge in [-0.2, -0.15) is 0 Å². The van der Waals surface area contributed by atoms with Crippen LogP contribution in [-0.4, -0.2) is 35.0 Å². The maximum Gasteiger partial charge on any atom is 0.326 e. The standard InChI is InChI=1S/C14H24N2O4/c1-8(15-13(20)14(2,3)4)11(17)16-10(12(18)19)7-9-5-6-9/h8-10H,5-7H2,1-4H3,(H,15,20)(H,16,17)(H,18,19). The van der Waals surface area contributed by atoms with Crippen LogP contribution in [-0.2, 0) is 14.4 Å². The van der Waals surface area contributed by atoms with Crippen LogP contribution in [0.4, 0.5) is 0 Å². The number of hydrogen-bond donors (Lipinski definition) is 3. The number of amides is 2. The van der Waals surface area contributed by atoms with Crippen molar-refractivity contribution < 1.29 is 19.5 Å². The molecule has 1 saturated carbocycles. The van der Waals surface area contributed by atoms with Crippen molar-refractivity contribution in [1.29, 1.82) is 0 Å². The highest BCUT2D eigenvalue weighted by atomic mass is 16.4. The van der Waals surface area contributed by atoms with Crippen molar-refractivity contribution in [3.8, 4) is 0 Å². The number of nitrogens with one attached hydrogen (secondary N) is 2. The topological polar surface area (TPSA) is 95.5 Å². The summed E-state index contributed by atoms with van der Waals surface area (Å²) in [5.74, 6) is -1.33. The highest BCUT2D eigenvalue weighted by Crippen LogP contribution is 2.33. The van der Waals surface area contributed by atoms with Crippen LogP contribution in [0.3, 0.4) is 0 Å². The van der Waals surface area contributed by atoms with Crippen LogP contribution in [0.5, 0.6) is 0 Å². The van der Waals surface area contributed by atoms with Crippen molar-refractivity contribution in [2.24, 2.45) is 11.3 Å². The van der Waals surface area contributed by atoms with Gasteiger partial charge in [0.15, 0.2) is 0 Å². The first-order valence-corrected chi connectivity index (χ1v) is 6.95. The SMILES string of the molecule is CC(NC(=O)C(C)(C)C)C(=O)NC(CC1CC1)C(=O)O. The summed E-state index contributed by atoms with van der Waals surface area (Å²) < 4.78 is 0. The molecule has 0 aromatic rings. The van der Waals surface area contributed by atoms with Gasteiger partial charge >= 0.3 is 5.97 Å². The molecule has 2 atom stereocenters. The normalized spacial score (nSPS) is 18.0. The van der Waals surface area contributed by atoms with Crippen LogP contribution in [0, 0.1) is 11.3 Å². The van der Waals surface area contributed by atoms with E-state index in [4.69, 9.17) is 5.11 Å². The third kappa shape index (κ3) is 5.19. The van der Waals surface area contributed by atoms with Gasteiger partial charge in [-0.25, -0.2) is 4.79 Å². The highest BCUT2D eigenvalue weighted by molar-refractivity contribution is 5.91. The lowest BCUT2D eigenvalue weighted by molar-refractivity contribution is -0.142. The second-order valence-corrected chi connectivity index (χ2v) is 6.52. The van der Waals surface area contributed by atoms with Gasteiger partial charge in [-0.05, 0) is 19.3 Å². The van der Waals surface area contributed by atoms with E-state index in [9.17, 15) is 14.4 Å². The van der Waals surface area contributed by atoms with E-state index in [0.29, 0.717) is 12.3 Å². The predicted molar refractivity (Wildman–Crippen MR) is 74.0 cm³/mol. The third-order valence-electron chi connectivity index (χ3n) is 3.30. The Morgan fingerprint density at radius 1 is 1.20 bits per heavy atom. The number of hydrogen-bond acceptors (Lipinski definition) is 3. The molecular weight excluding hydrogens is 260 g/mol. The van der Waals surface area contributed by atoms with E-state index in [-0.39, 0.29) is 5.91 Å². The number of aliphatic carboxylic acids is 1. The molecule has 2 amide bonds. The van der Waals surface area contributed by atoms with Crippen molar-refractivity contribution >= 4 is 17.8 Å². The number of carbonyl (C=O) groups is 3. The zero-order valence-electron chi connectivity index (χ0n) is 12.5. The van der Waals surface area contributed by atoms with E-state index in [2.05, 4.69) is 10.6 Å². The average molecular weight is 284 g/mol. The zero-order chi connectivity index (χ0) is 15.5. The molecule has 1 rings (SSSR count). The van der Waals surface area contributed by atoms with Crippen molar-refractivity contribution in [3.63, 3.8) is 0 Å². The summed E-state index contributed by atoms with van der Waals surface area (Å²) in [6, 6.07) is -1.62. The van der Waals surface area contributed by atoms with E-state index < -0.39 is 29.4 Å². The summed E-state index contributed by atoms with van der Waals surface area (Å²) in [6.07, 6.45) is 2.51. The first kappa shape index (κ1) is 16.5. The summed E-state index contributed by atoms with van der Waals surface area (Å²) in [7, 11) is 0. The van der Waals surface area contributed by atoms with Gasteiger partial charge in [0.25, 0.3) is 0 Å². The van der Waals surface area contributed by atoms with Gasteiger partial charge in [0, 0.05) is 5.41 Å². The molecule has 0 aromatic carbocycles. The fourth-order valence-corrected chi connectivity index (χ4v) is 1.68. The molecule has 1 aliphatic carbocycles. The largest absolute Gasteiger partial charge is 0.480 e. The average Bonchev–Trinajstić information content (AvgIpc) is 3.10. The maximum absolute atomic E-state index is 11.9. The molecule has 6 heteroatoms. The Bertz CT molecular complexity index is 396. The molecule has 1 aliphatic rings. The summed E-state index contributed by atoms with van der Waals surface area (Å²) in [5, 5.41) is 14.2. The van der Waals surface area contributed by atoms with Crippen molar-refractivity contribution in [2.45, 2.75) is 59.0 Å². The van der Waals surface area contributed by atoms with Crippen molar-refractivity contribution in [3.05, 3.63) is 0 Å². The first-order valence-electron chi connectivity index (χ1n) is 6.95. The van der Waals surface area contributed by atoms with Crippen LogP contribution in [0.25, 0.3) is 0 Å². The number of carboxylic acid groups (broad SMARTS) is 1. The molecule has 0 heterocycles. The zero-order valence-corrected chi connectivity index (χ0v) is 12.5. The van der Waals surface area contributed by atoms with Crippen molar-refractivity contribution in [1.82, 2.24) is 10.6 Å². The molecule has 6 nitrogen and oxygen atoms in total. The minimum atomic E-state index is -1.03. The van der Waals surface area contributed by atoms with Gasteiger partial charge in [0.05, 0.1) is 0 Å². The summed E-state index contributed by atoms with van der Waals surface area (Å²) in [4.78, 5) is 34.8. The quantitative estimate of drug-likeness (QED) is 0.675. The molecule has 0 aliphatic heterocycles. The number of carbonyl (C=O) groups excluding carboxylic acids is 2. The van der Waals surface area contributed by atoms with Crippen molar-refractivity contribution in [2.75, 3.05) is 0 Å². The summed E-state index contributed by atoms with van der Waals surface area (Å²) in [6.45, 7) is 6.80. The van der Waals surface area contributed by atoms with Gasteiger partial charge in [-0.15, -0.1) is 0 Å². The minimum absolute atomic E-state index is 0.241. The monoisotopic (exact) mass is 284 g/mol. The van der Waals surface area contributed by atoms with E-state index in [0.717, 1.165) is 12.8 Å². The van der Waals surface area contributed by atoms with Crippen LogP contribution in [0.2, 0.25) is 0 Å². The van der Waals surface area contributed by atoms with E-state index in [1.54, 1.807) is 27.7 Å². The third-order valence-corrected chi connectivity index (χ3v) is 3.30. The molecule has 0 saturated heterocycles. The Labute approximate surface area is 119 Å². The Morgan fingerprint density at radius 2 is 1.75 bits per heavy atom. The molecule has 0 radical (unpaired) electrons. The molecule has 0 spiro atoms. The van der Waals surface area contributed by atoms with Gasteiger partial charge in [0.2, 0.25) is 11.8 Å². The highest BCUT2D eigenvalue weighted by Gasteiger charge is 2.32. The van der Waals surface area contributed by atoms with Crippen LogP contribution in [0.1, 0.15) is 47.0 Å². The maximum atomic E-state index is 11.9. The van der Waals surface area contributed by atoms with E-state index >= 15 is 0 Å². The van der Waals surface area contributed by atoms with Gasteiger partial charge in [-0.3, -0.25) is 9.59 Å². The number of rotatable bonds is 6. The molecule has 1 fully saturated rings. The molecule has 114 valence electrons. The molecule has 20 heavy (non-hydrogen) atoms. The van der Waals surface area contributed by atoms with Gasteiger partial charge < -0.3 is 15.7 Å². The minimum Gasteiger partial charge on any atom is -0.480 e. The van der Waals surface area contributed by atoms with Gasteiger partial charge in [0.1, 0.15) is 12.1 Å². The molecular formula is C14H24N2O4. The second kappa shape index (κ2) is 6.24. The predicted octanol–water partition coefficient (Wildman–Crippen LogP) is 0.907. The smallest absolute Gasteiger partial charge is 0.326 e. The Hall–Kier alpha value is -1.59. The van der Waals surface area contributed by atoms with E-state index in [1.165, 1.54) is 0 Å². The molecule has 0 bridgehead atoms. The fraction of sp³-hybridized carbons (Fsp3) is 0.786. The molecule has 0 aromatic heterocycles. The summed E-state index contributed by atoms with van der Waals surface area (Å²) >= 11 is 0. The molecule has 2 unspecified atom stereocenters. The van der Waals surface area contributed by atoms with Crippen LogP contribution in [0.15, 0.2) is 0 Å². The Kier molecular flexibility index (Phi) is 5.14.